The van der Waals surface area contributed by atoms with E-state index in [1.54, 1.807) is 31.2 Å². The van der Waals surface area contributed by atoms with Gasteiger partial charge in [-0.15, -0.1) is 0 Å². The summed E-state index contributed by atoms with van der Waals surface area (Å²) in [4.78, 5) is 40.7. The van der Waals surface area contributed by atoms with Gasteiger partial charge in [-0.2, -0.15) is 4.37 Å². The Morgan fingerprint density at radius 3 is 2.33 bits per heavy atom. The smallest absolute Gasteiger partial charge is 0.273 e. The Labute approximate surface area is 211 Å². The van der Waals surface area contributed by atoms with E-state index in [0.717, 1.165) is 22.7 Å². The van der Waals surface area contributed by atoms with Gasteiger partial charge < -0.3 is 21.2 Å². The molecule has 4 rings (SSSR count). The number of furan rings is 1. The van der Waals surface area contributed by atoms with Gasteiger partial charge in [0.25, 0.3) is 17.7 Å². The Morgan fingerprint density at radius 1 is 1.03 bits per heavy atom. The molecule has 36 heavy (non-hydrogen) atoms. The van der Waals surface area contributed by atoms with Crippen LogP contribution in [-0.4, -0.2) is 22.1 Å². The molecule has 4 aromatic rings. The molecule has 0 spiro atoms. The topological polar surface area (TPSA) is 145 Å². The zero-order valence-corrected chi connectivity index (χ0v) is 20.5. The summed E-state index contributed by atoms with van der Waals surface area (Å²) in [6, 6.07) is 18.8. The number of benzene rings is 2. The Morgan fingerprint density at radius 2 is 1.72 bits per heavy atom. The van der Waals surface area contributed by atoms with Crippen LogP contribution in [0.4, 0.5) is 11.4 Å². The Kier molecular flexibility index (Phi) is 7.16. The second kappa shape index (κ2) is 10.4. The highest BCUT2D eigenvalue weighted by Gasteiger charge is 2.38. The first-order valence-corrected chi connectivity index (χ1v) is 11.9. The lowest BCUT2D eigenvalue weighted by Crippen LogP contribution is -2.44. The quantitative estimate of drug-likeness (QED) is 0.334. The van der Waals surface area contributed by atoms with Gasteiger partial charge in [-0.1, -0.05) is 48.5 Å². The number of para-hydroxylation sites is 1. The first kappa shape index (κ1) is 24.7. The molecule has 0 unspecified atom stereocenters. The number of carbonyl (C=O) groups excluding carboxylic acids is 3. The average Bonchev–Trinajstić information content (AvgIpc) is 3.47. The highest BCUT2D eigenvalue weighted by Crippen LogP contribution is 2.35. The van der Waals surface area contributed by atoms with Gasteiger partial charge in [0.2, 0.25) is 0 Å². The van der Waals surface area contributed by atoms with Gasteiger partial charge in [0.15, 0.2) is 11.7 Å². The van der Waals surface area contributed by atoms with Crippen LogP contribution in [-0.2, 0) is 11.3 Å². The maximum Gasteiger partial charge on any atom is 0.273 e. The second-order valence-electron chi connectivity index (χ2n) is 8.15. The fourth-order valence-corrected chi connectivity index (χ4v) is 4.54. The predicted molar refractivity (Wildman–Crippen MR) is 138 cm³/mol. The molecule has 0 fully saturated rings. The number of aryl methyl sites for hydroxylation is 2. The number of amides is 3. The molecule has 184 valence electrons. The van der Waals surface area contributed by atoms with Gasteiger partial charge in [-0.05, 0) is 54.7 Å². The lowest BCUT2D eigenvalue weighted by molar-refractivity contribution is -0.123. The van der Waals surface area contributed by atoms with Crippen LogP contribution < -0.4 is 21.7 Å². The SMILES string of the molecule is Cc1ccc([C@@H](C(=O)NCc2ccccc2)N(C(=O)c2snc(C(N)=O)c2N)c2ccccc2C)o1. The molecule has 0 aliphatic heterocycles. The van der Waals surface area contributed by atoms with E-state index in [-0.39, 0.29) is 28.6 Å². The molecule has 1 atom stereocenters. The number of hydrogen-bond donors (Lipinski definition) is 3. The number of hydrogen-bond acceptors (Lipinski definition) is 7. The summed E-state index contributed by atoms with van der Waals surface area (Å²) in [7, 11) is 0. The van der Waals surface area contributed by atoms with E-state index in [2.05, 4.69) is 9.69 Å². The van der Waals surface area contributed by atoms with Crippen LogP contribution in [0.5, 0.6) is 0 Å². The van der Waals surface area contributed by atoms with Crippen molar-refractivity contribution < 1.29 is 18.8 Å². The maximum absolute atomic E-state index is 14.0. The van der Waals surface area contributed by atoms with E-state index in [1.807, 2.05) is 49.4 Å². The molecule has 10 heteroatoms. The van der Waals surface area contributed by atoms with Crippen molar-refractivity contribution in [2.75, 3.05) is 10.6 Å². The second-order valence-corrected chi connectivity index (χ2v) is 8.93. The average molecular weight is 504 g/mol. The Hall–Kier alpha value is -4.44. The fraction of sp³-hybridized carbons (Fsp3) is 0.154. The Balaban J connectivity index is 1.82. The summed E-state index contributed by atoms with van der Waals surface area (Å²) in [6.45, 7) is 3.83. The highest BCUT2D eigenvalue weighted by atomic mass is 32.1. The molecule has 0 saturated carbocycles. The molecular weight excluding hydrogens is 478 g/mol. The zero-order valence-electron chi connectivity index (χ0n) is 19.7. The van der Waals surface area contributed by atoms with E-state index in [1.165, 1.54) is 4.90 Å². The van der Waals surface area contributed by atoms with Crippen molar-refractivity contribution in [2.24, 2.45) is 5.73 Å². The Bertz CT molecular complexity index is 1410. The van der Waals surface area contributed by atoms with Crippen LogP contribution >= 0.6 is 11.5 Å². The molecular formula is C26H25N5O4S. The van der Waals surface area contributed by atoms with Crippen molar-refractivity contribution in [3.63, 3.8) is 0 Å². The molecule has 2 aromatic carbocycles. The number of aromatic nitrogens is 1. The standard InChI is InChI=1S/C26H25N5O4S/c1-15-8-6-7-11-18(15)31(26(34)23-20(27)21(24(28)32)30-36-23)22(19-13-12-16(2)35-19)25(33)29-14-17-9-4-3-5-10-17/h3-13,22H,14,27H2,1-2H3,(H2,28,32)(H,29,33)/t22-/m0/s1. The molecule has 0 saturated heterocycles. The van der Waals surface area contributed by atoms with Gasteiger partial charge >= 0.3 is 0 Å². The monoisotopic (exact) mass is 503 g/mol. The van der Waals surface area contributed by atoms with E-state index < -0.39 is 23.8 Å². The van der Waals surface area contributed by atoms with Crippen LogP contribution in [0.3, 0.4) is 0 Å². The molecule has 0 bridgehead atoms. The summed E-state index contributed by atoms with van der Waals surface area (Å²) < 4.78 is 9.81. The third-order valence-corrected chi connectivity index (χ3v) is 6.45. The van der Waals surface area contributed by atoms with E-state index >= 15 is 0 Å². The predicted octanol–water partition coefficient (Wildman–Crippen LogP) is 3.74. The van der Waals surface area contributed by atoms with Gasteiger partial charge in [-0.3, -0.25) is 19.3 Å². The maximum atomic E-state index is 14.0. The van der Waals surface area contributed by atoms with Crippen LogP contribution in [0.2, 0.25) is 0 Å². The number of nitrogen functional groups attached to an aromatic ring is 1. The van der Waals surface area contributed by atoms with Crippen molar-refractivity contribution in [1.29, 1.82) is 0 Å². The van der Waals surface area contributed by atoms with Crippen LogP contribution in [0, 0.1) is 13.8 Å². The number of anilines is 2. The van der Waals surface area contributed by atoms with Crippen molar-refractivity contribution in [2.45, 2.75) is 26.4 Å². The molecule has 2 heterocycles. The molecule has 2 aromatic heterocycles. The van der Waals surface area contributed by atoms with Gasteiger partial charge in [0, 0.05) is 12.2 Å². The van der Waals surface area contributed by atoms with Crippen LogP contribution in [0.25, 0.3) is 0 Å². The van der Waals surface area contributed by atoms with E-state index in [0.29, 0.717) is 11.4 Å². The number of rotatable bonds is 8. The van der Waals surface area contributed by atoms with Gasteiger partial charge in [0.1, 0.15) is 16.4 Å². The van der Waals surface area contributed by atoms with Crippen molar-refractivity contribution in [3.05, 3.63) is 99.9 Å². The number of nitrogens with zero attached hydrogens (tertiary/aromatic N) is 2. The molecule has 0 aliphatic rings. The lowest BCUT2D eigenvalue weighted by Gasteiger charge is -2.30. The number of primary amides is 1. The normalized spacial score (nSPS) is 11.6. The molecule has 3 amide bonds. The fourth-order valence-electron chi connectivity index (χ4n) is 3.79. The number of carbonyl (C=O) groups is 3. The summed E-state index contributed by atoms with van der Waals surface area (Å²) >= 11 is 0.752. The summed E-state index contributed by atoms with van der Waals surface area (Å²) in [5.41, 5.74) is 13.2. The van der Waals surface area contributed by atoms with E-state index in [4.69, 9.17) is 15.9 Å². The first-order valence-electron chi connectivity index (χ1n) is 11.1. The summed E-state index contributed by atoms with van der Waals surface area (Å²) in [5.74, 6) is -1.06. The van der Waals surface area contributed by atoms with Crippen LogP contribution in [0.1, 0.15) is 48.8 Å². The van der Waals surface area contributed by atoms with Gasteiger partial charge in [-0.25, -0.2) is 0 Å². The van der Waals surface area contributed by atoms with Crippen molar-refractivity contribution >= 4 is 40.6 Å². The number of nitrogens with two attached hydrogens (primary N) is 2. The molecule has 0 radical (unpaired) electrons. The third-order valence-electron chi connectivity index (χ3n) is 5.60. The third kappa shape index (κ3) is 4.98. The van der Waals surface area contributed by atoms with Crippen molar-refractivity contribution in [3.8, 4) is 0 Å². The highest BCUT2D eigenvalue weighted by molar-refractivity contribution is 7.09. The molecule has 5 N–H and O–H groups in total. The minimum Gasteiger partial charge on any atom is -0.464 e. The van der Waals surface area contributed by atoms with Crippen LogP contribution in [0.15, 0.2) is 71.1 Å². The van der Waals surface area contributed by atoms with Crippen molar-refractivity contribution in [1.82, 2.24) is 9.69 Å². The zero-order chi connectivity index (χ0) is 25.8. The largest absolute Gasteiger partial charge is 0.464 e. The lowest BCUT2D eigenvalue weighted by atomic mass is 10.1. The van der Waals surface area contributed by atoms with Gasteiger partial charge in [0.05, 0.1) is 5.69 Å². The minimum atomic E-state index is -1.17. The first-order chi connectivity index (χ1) is 17.3. The molecule has 0 aliphatic carbocycles. The number of nitrogens with one attached hydrogen (secondary N) is 1. The molecule has 9 nitrogen and oxygen atoms in total. The summed E-state index contributed by atoms with van der Waals surface area (Å²) in [6.07, 6.45) is 0. The minimum absolute atomic E-state index is 0.00353. The summed E-state index contributed by atoms with van der Waals surface area (Å²) in [5, 5.41) is 2.91. The van der Waals surface area contributed by atoms with E-state index in [9.17, 15) is 14.4 Å².